The van der Waals surface area contributed by atoms with Crippen LogP contribution in [0.2, 0.25) is 0 Å². The number of amides is 2. The van der Waals surface area contributed by atoms with Crippen LogP contribution in [0, 0.1) is 18.3 Å². The summed E-state index contributed by atoms with van der Waals surface area (Å²) in [5.74, 6) is -1.01. The van der Waals surface area contributed by atoms with Gasteiger partial charge in [0.1, 0.15) is 5.75 Å². The number of sulfonamides is 1. The summed E-state index contributed by atoms with van der Waals surface area (Å²) >= 11 is 0. The Morgan fingerprint density at radius 1 is 1.17 bits per heavy atom. The molecule has 2 aromatic carbocycles. The molecule has 1 fully saturated rings. The summed E-state index contributed by atoms with van der Waals surface area (Å²) < 4.78 is 34.7. The van der Waals surface area contributed by atoms with Crippen molar-refractivity contribution in [2.75, 3.05) is 32.1 Å². The highest BCUT2D eigenvalue weighted by molar-refractivity contribution is 7.93. The van der Waals surface area contributed by atoms with Crippen LogP contribution in [0.3, 0.4) is 0 Å². The Labute approximate surface area is 238 Å². The van der Waals surface area contributed by atoms with Gasteiger partial charge in [0.15, 0.2) is 10.6 Å². The normalized spacial score (nSPS) is 22.3. The van der Waals surface area contributed by atoms with Crippen LogP contribution >= 0.6 is 0 Å². The first-order valence-electron chi connectivity index (χ1n) is 12.8. The SMILES string of the molecule is COc1ccccc1C1(N2C[C@H](O)C[C@H]2C(=O)N(C)C)C(=O)N(S(=O)(=O)c2ccc(C)cn2)c2ccc(C#N)cc21. The first-order chi connectivity index (χ1) is 19.5. The number of rotatable bonds is 6. The fraction of sp³-hybridized carbons (Fsp3) is 0.310. The zero-order chi connectivity index (χ0) is 29.7. The van der Waals surface area contributed by atoms with Crippen molar-refractivity contribution in [3.63, 3.8) is 0 Å². The van der Waals surface area contributed by atoms with Crippen LogP contribution in [0.4, 0.5) is 5.69 Å². The van der Waals surface area contributed by atoms with Crippen LogP contribution < -0.4 is 9.04 Å². The molecule has 1 N–H and O–H groups in total. The average Bonchev–Trinajstić information content (AvgIpc) is 3.47. The Kier molecular flexibility index (Phi) is 7.07. The quantitative estimate of drug-likeness (QED) is 0.465. The molecule has 2 aliphatic rings. The number of ether oxygens (including phenoxy) is 1. The number of aromatic nitrogens is 1. The number of hydrogen-bond acceptors (Lipinski definition) is 9. The molecule has 1 saturated heterocycles. The number of nitriles is 1. The first kappa shape index (κ1) is 28.2. The van der Waals surface area contributed by atoms with Crippen molar-refractivity contribution in [2.45, 2.75) is 36.1 Å². The standard InChI is InChI=1S/C29H29N5O6S/c1-18-9-12-26(31-16-18)41(38,39)34-23-11-10-19(15-30)13-22(23)29(28(34)37,21-7-5-6-8-25(21)40-4)33-17-20(35)14-24(33)27(36)32(2)3/h5-13,16,20,24,35H,14,17H2,1-4H3/t20-,24+,29?/m1/s1. The predicted octanol–water partition coefficient (Wildman–Crippen LogP) is 1.77. The summed E-state index contributed by atoms with van der Waals surface area (Å²) in [6.45, 7) is 1.64. The number of para-hydroxylation sites is 1. The maximum atomic E-state index is 15.0. The van der Waals surface area contributed by atoms with Crippen molar-refractivity contribution in [3.05, 3.63) is 83.0 Å². The lowest BCUT2D eigenvalue weighted by Gasteiger charge is -2.42. The number of benzene rings is 2. The summed E-state index contributed by atoms with van der Waals surface area (Å²) in [6.07, 6.45) is 0.416. The second-order valence-electron chi connectivity index (χ2n) is 10.3. The second kappa shape index (κ2) is 10.3. The van der Waals surface area contributed by atoms with Crippen LogP contribution in [0.5, 0.6) is 5.75 Å². The van der Waals surface area contributed by atoms with Gasteiger partial charge < -0.3 is 14.7 Å². The molecule has 3 heterocycles. The highest BCUT2D eigenvalue weighted by atomic mass is 32.2. The fourth-order valence-corrected chi connectivity index (χ4v) is 7.12. The number of anilines is 1. The molecule has 11 nitrogen and oxygen atoms in total. The highest BCUT2D eigenvalue weighted by Crippen LogP contribution is 2.54. The van der Waals surface area contributed by atoms with Crippen LogP contribution in [-0.2, 0) is 25.2 Å². The number of methoxy groups -OCH3 is 1. The number of hydrogen-bond donors (Lipinski definition) is 1. The first-order valence-corrected chi connectivity index (χ1v) is 14.3. The smallest absolute Gasteiger partial charge is 0.288 e. The Bertz CT molecular complexity index is 1680. The minimum atomic E-state index is -4.57. The number of carbonyl (C=O) groups excluding carboxylic acids is 2. The zero-order valence-electron chi connectivity index (χ0n) is 23.0. The molecule has 2 aliphatic heterocycles. The Hall–Kier alpha value is -4.31. The van der Waals surface area contributed by atoms with E-state index in [1.807, 2.05) is 0 Å². The van der Waals surface area contributed by atoms with Crippen LogP contribution in [0.15, 0.2) is 65.8 Å². The van der Waals surface area contributed by atoms with Crippen molar-refractivity contribution >= 4 is 27.5 Å². The monoisotopic (exact) mass is 575 g/mol. The third-order valence-electron chi connectivity index (χ3n) is 7.55. The molecule has 3 atom stereocenters. The van der Waals surface area contributed by atoms with Gasteiger partial charge in [-0.1, -0.05) is 24.3 Å². The van der Waals surface area contributed by atoms with E-state index in [1.54, 1.807) is 51.4 Å². The molecule has 3 aromatic rings. The molecule has 41 heavy (non-hydrogen) atoms. The molecule has 1 aromatic heterocycles. The van der Waals surface area contributed by atoms with Crippen molar-refractivity contribution < 1.29 is 27.9 Å². The molecule has 0 spiro atoms. The maximum Gasteiger partial charge on any atom is 0.288 e. The van der Waals surface area contributed by atoms with E-state index in [9.17, 15) is 23.6 Å². The largest absolute Gasteiger partial charge is 0.496 e. The molecule has 212 valence electrons. The minimum absolute atomic E-state index is 0.0136. The lowest BCUT2D eigenvalue weighted by molar-refractivity contribution is -0.138. The maximum absolute atomic E-state index is 15.0. The van der Waals surface area contributed by atoms with Crippen LogP contribution in [0.1, 0.15) is 28.7 Å². The molecule has 5 rings (SSSR count). The second-order valence-corrected chi connectivity index (χ2v) is 12.0. The summed E-state index contributed by atoms with van der Waals surface area (Å²) in [7, 11) is -0.0108. The van der Waals surface area contributed by atoms with Gasteiger partial charge in [-0.15, -0.1) is 0 Å². The van der Waals surface area contributed by atoms with Crippen LogP contribution in [0.25, 0.3) is 0 Å². The van der Waals surface area contributed by atoms with E-state index in [0.29, 0.717) is 4.31 Å². The van der Waals surface area contributed by atoms with Crippen molar-refractivity contribution in [1.82, 2.24) is 14.8 Å². The highest BCUT2D eigenvalue weighted by Gasteiger charge is 2.64. The van der Waals surface area contributed by atoms with Gasteiger partial charge >= 0.3 is 0 Å². The predicted molar refractivity (Wildman–Crippen MR) is 148 cm³/mol. The van der Waals surface area contributed by atoms with E-state index in [2.05, 4.69) is 11.1 Å². The third kappa shape index (κ3) is 4.24. The van der Waals surface area contributed by atoms with Gasteiger partial charge in [0.2, 0.25) is 5.91 Å². The van der Waals surface area contributed by atoms with Gasteiger partial charge in [0.05, 0.1) is 36.6 Å². The molecule has 0 aliphatic carbocycles. The van der Waals surface area contributed by atoms with E-state index >= 15 is 4.79 Å². The number of aryl methyl sites for hydroxylation is 1. The number of fused-ring (bicyclic) bond motifs is 1. The zero-order valence-corrected chi connectivity index (χ0v) is 23.8. The van der Waals surface area contributed by atoms with Gasteiger partial charge in [0, 0.05) is 38.0 Å². The fourth-order valence-electron chi connectivity index (χ4n) is 5.74. The lowest BCUT2D eigenvalue weighted by atomic mass is 9.80. The van der Waals surface area contributed by atoms with E-state index in [4.69, 9.17) is 4.74 Å². The van der Waals surface area contributed by atoms with Gasteiger partial charge in [-0.25, -0.2) is 4.98 Å². The molecule has 0 bridgehead atoms. The summed E-state index contributed by atoms with van der Waals surface area (Å²) in [4.78, 5) is 35.5. The number of likely N-dealkylation sites (tertiary alicyclic amines) is 1. The summed E-state index contributed by atoms with van der Waals surface area (Å²) in [6, 6.07) is 14.9. The third-order valence-corrected chi connectivity index (χ3v) is 9.16. The number of likely N-dealkylation sites (N-methyl/N-ethyl adjacent to an activating group) is 1. The molecular weight excluding hydrogens is 546 g/mol. The Balaban J connectivity index is 1.89. The molecule has 1 unspecified atom stereocenters. The Morgan fingerprint density at radius 3 is 2.54 bits per heavy atom. The van der Waals surface area contributed by atoms with Gasteiger partial charge in [-0.3, -0.25) is 14.5 Å². The van der Waals surface area contributed by atoms with E-state index in [-0.39, 0.29) is 52.0 Å². The van der Waals surface area contributed by atoms with Gasteiger partial charge in [-0.05, 0) is 49.2 Å². The number of aliphatic hydroxyl groups excluding tert-OH is 1. The Morgan fingerprint density at radius 2 is 1.90 bits per heavy atom. The average molecular weight is 576 g/mol. The number of aliphatic hydroxyl groups is 1. The van der Waals surface area contributed by atoms with Crippen molar-refractivity contribution in [2.24, 2.45) is 0 Å². The number of nitrogens with zero attached hydrogens (tertiary/aromatic N) is 5. The van der Waals surface area contributed by atoms with E-state index < -0.39 is 33.6 Å². The number of carbonyl (C=O) groups is 2. The number of β-amino-alcohol motifs (C(OH)–C–C–N with tert-alkyl or cyclic N) is 1. The molecule has 0 saturated carbocycles. The summed E-state index contributed by atoms with van der Waals surface area (Å²) in [5, 5.41) is 20.3. The molecule has 0 radical (unpaired) electrons. The van der Waals surface area contributed by atoms with Gasteiger partial charge in [-0.2, -0.15) is 18.0 Å². The molecule has 12 heteroatoms. The van der Waals surface area contributed by atoms with E-state index in [1.165, 1.54) is 47.4 Å². The molecular formula is C29H29N5O6S. The number of pyridine rings is 1. The van der Waals surface area contributed by atoms with E-state index in [0.717, 1.165) is 5.56 Å². The topological polar surface area (TPSA) is 144 Å². The minimum Gasteiger partial charge on any atom is -0.496 e. The lowest BCUT2D eigenvalue weighted by Crippen LogP contribution is -2.59. The summed E-state index contributed by atoms with van der Waals surface area (Å²) in [5.41, 5.74) is -0.592. The van der Waals surface area contributed by atoms with Crippen molar-refractivity contribution in [1.29, 1.82) is 5.26 Å². The van der Waals surface area contributed by atoms with Crippen molar-refractivity contribution in [3.8, 4) is 11.8 Å². The molecule has 2 amide bonds. The van der Waals surface area contributed by atoms with Crippen LogP contribution in [-0.4, -0.2) is 80.0 Å². The van der Waals surface area contributed by atoms with Gasteiger partial charge in [0.25, 0.3) is 15.9 Å².